The molecule has 2 heterocycles. The highest BCUT2D eigenvalue weighted by Crippen LogP contribution is 2.46. The van der Waals surface area contributed by atoms with E-state index in [1.54, 1.807) is 0 Å². The average Bonchev–Trinajstić information content (AvgIpc) is 3.29. The number of aromatic amines is 1. The molecule has 0 aromatic carbocycles. The summed E-state index contributed by atoms with van der Waals surface area (Å²) < 4.78 is 33.8. The number of hydrogen-bond acceptors (Lipinski definition) is 7. The number of nitrogens with one attached hydrogen (secondary N) is 1. The van der Waals surface area contributed by atoms with Gasteiger partial charge in [0.15, 0.2) is 31.2 Å². The van der Waals surface area contributed by atoms with Crippen LogP contribution in [0.1, 0.15) is 79.0 Å². The Labute approximate surface area is 245 Å². The van der Waals surface area contributed by atoms with E-state index in [1.165, 1.54) is 17.9 Å². The summed E-state index contributed by atoms with van der Waals surface area (Å²) in [5.74, 6) is -0.623. The van der Waals surface area contributed by atoms with E-state index < -0.39 is 61.2 Å². The monoisotopic (exact) mass is 616 g/mol. The van der Waals surface area contributed by atoms with Crippen LogP contribution in [0.5, 0.6) is 0 Å². The number of carbonyl (C=O) groups excluding carboxylic acids is 1. The van der Waals surface area contributed by atoms with Gasteiger partial charge >= 0.3 is 11.7 Å². The molecule has 1 aromatic heterocycles. The largest absolute Gasteiger partial charge is 0.464 e. The Bertz CT molecular complexity index is 1090. The van der Waals surface area contributed by atoms with E-state index in [1.807, 2.05) is 0 Å². The van der Waals surface area contributed by atoms with Gasteiger partial charge in [-0.2, -0.15) is 0 Å². The number of nitrogens with zero attached hydrogens (tertiary/aromatic N) is 1. The van der Waals surface area contributed by atoms with Crippen LogP contribution in [0.25, 0.3) is 0 Å². The minimum atomic E-state index is -2.36. The van der Waals surface area contributed by atoms with Crippen LogP contribution in [0.2, 0.25) is 54.4 Å². The summed E-state index contributed by atoms with van der Waals surface area (Å²) in [6.07, 6.45) is -0.859. The third-order valence-electron chi connectivity index (χ3n) is 9.60. The zero-order valence-electron chi connectivity index (χ0n) is 27.9. The zero-order valence-corrected chi connectivity index (χ0v) is 30.9. The van der Waals surface area contributed by atoms with Gasteiger partial charge in [-0.15, -0.1) is 0 Å². The predicted octanol–water partition coefficient (Wildman–Crippen LogP) is 6.66. The van der Waals surface area contributed by atoms with Gasteiger partial charge in [-0.25, -0.2) is 9.59 Å². The minimum absolute atomic E-state index is 0.0187. The Balaban J connectivity index is 2.68. The van der Waals surface area contributed by atoms with Gasteiger partial charge in [-0.3, -0.25) is 9.55 Å². The maximum atomic E-state index is 13.2. The topological polar surface area (TPSA) is 101 Å². The lowest BCUT2D eigenvalue weighted by molar-refractivity contribution is -0.0502. The molecule has 4 atom stereocenters. The molecule has 232 valence electrons. The van der Waals surface area contributed by atoms with Gasteiger partial charge in [-0.1, -0.05) is 62.3 Å². The summed E-state index contributed by atoms with van der Waals surface area (Å²) >= 11 is 0. The Morgan fingerprint density at radius 2 is 1.30 bits per heavy atom. The second-order valence-corrected chi connectivity index (χ2v) is 30.0. The van der Waals surface area contributed by atoms with Crippen LogP contribution >= 0.6 is 0 Å². The van der Waals surface area contributed by atoms with Crippen LogP contribution in [0.15, 0.2) is 11.0 Å². The Morgan fingerprint density at radius 1 is 0.850 bits per heavy atom. The molecular formula is C28H56N2O7Si3. The van der Waals surface area contributed by atoms with Crippen LogP contribution in [0.4, 0.5) is 0 Å². The van der Waals surface area contributed by atoms with Crippen molar-refractivity contribution in [3.63, 3.8) is 0 Å². The molecule has 0 radical (unpaired) electrons. The maximum absolute atomic E-state index is 13.2. The molecular weight excluding hydrogens is 561 g/mol. The first kappa shape index (κ1) is 35.2. The lowest BCUT2D eigenvalue weighted by Gasteiger charge is -2.44. The van der Waals surface area contributed by atoms with Gasteiger partial charge in [-0.05, 0) is 54.4 Å². The summed E-state index contributed by atoms with van der Waals surface area (Å²) in [5, 5.41) is -0.125. The van der Waals surface area contributed by atoms with Crippen molar-refractivity contribution in [1.82, 2.24) is 9.55 Å². The molecule has 40 heavy (non-hydrogen) atoms. The van der Waals surface area contributed by atoms with Gasteiger partial charge in [0.25, 0.3) is 0 Å². The second-order valence-electron chi connectivity index (χ2n) is 15.7. The van der Waals surface area contributed by atoms with Gasteiger partial charge in [0, 0.05) is 6.20 Å². The van der Waals surface area contributed by atoms with Crippen LogP contribution in [-0.2, 0) is 22.8 Å². The number of hydrogen-bond donors (Lipinski definition) is 1. The quantitative estimate of drug-likeness (QED) is 0.244. The van der Waals surface area contributed by atoms with Crippen LogP contribution in [-0.4, -0.2) is 72.5 Å². The van der Waals surface area contributed by atoms with Crippen molar-refractivity contribution in [2.24, 2.45) is 0 Å². The van der Waals surface area contributed by atoms with E-state index in [2.05, 4.69) is 107 Å². The van der Waals surface area contributed by atoms with Crippen LogP contribution < -0.4 is 5.69 Å². The van der Waals surface area contributed by atoms with E-state index >= 15 is 0 Å². The average molecular weight is 617 g/mol. The second kappa shape index (κ2) is 11.6. The smallest absolute Gasteiger partial charge is 0.356 e. The third kappa shape index (κ3) is 7.48. The number of esters is 1. The highest BCUT2D eigenvalue weighted by molar-refractivity contribution is 6.75. The lowest BCUT2D eigenvalue weighted by atomic mass is 10.1. The number of rotatable bonds is 9. The molecule has 2 rings (SSSR count). The molecule has 0 aliphatic carbocycles. The molecule has 1 N–H and O–H groups in total. The number of carbonyl (C=O) groups is 1. The Hall–Kier alpha value is -1.03. The number of ether oxygens (including phenoxy) is 2. The summed E-state index contributed by atoms with van der Waals surface area (Å²) in [6, 6.07) is 0. The van der Waals surface area contributed by atoms with Crippen molar-refractivity contribution in [1.29, 1.82) is 0 Å². The van der Waals surface area contributed by atoms with Crippen molar-refractivity contribution < 1.29 is 27.5 Å². The van der Waals surface area contributed by atoms with Gasteiger partial charge < -0.3 is 22.8 Å². The fourth-order valence-electron chi connectivity index (χ4n) is 3.69. The van der Waals surface area contributed by atoms with Crippen molar-refractivity contribution >= 4 is 30.9 Å². The normalized spacial score (nSPS) is 23.5. The highest BCUT2D eigenvalue weighted by Gasteiger charge is 2.55. The summed E-state index contributed by atoms with van der Waals surface area (Å²) in [4.78, 5) is 28.1. The SMILES string of the molecule is COC(=O)c1cn([C@@H]2O[C@H](CO[Si](C)(C)C(C)(C)C)[C@@H](O[Si](C)(C)C(C)(C)C)[C@H]2O[Si](C)(C)C(C)(C)C)c(=O)[nH]1. The zero-order chi connectivity index (χ0) is 31.3. The third-order valence-corrected chi connectivity index (χ3v) is 23.0. The van der Waals surface area contributed by atoms with Gasteiger partial charge in [0.1, 0.15) is 24.0 Å². The van der Waals surface area contributed by atoms with E-state index in [4.69, 9.17) is 22.8 Å². The van der Waals surface area contributed by atoms with E-state index in [-0.39, 0.29) is 20.8 Å². The number of imidazole rings is 1. The molecule has 0 unspecified atom stereocenters. The molecule has 1 aliphatic heterocycles. The first-order valence-electron chi connectivity index (χ1n) is 14.3. The summed E-state index contributed by atoms with van der Waals surface area (Å²) in [7, 11) is -5.50. The molecule has 12 heteroatoms. The van der Waals surface area contributed by atoms with E-state index in [0.29, 0.717) is 6.61 Å². The summed E-state index contributed by atoms with van der Waals surface area (Å²) in [6.45, 7) is 33.3. The standard InChI is InChI=1S/C28H56N2O7Si3/c1-26(2,3)38(11,12)34-18-20-21(36-39(13,14)27(4,5)6)22(37-40(15,16)28(7,8)9)23(35-20)30-17-19(24(31)33-10)29-25(30)32/h17,20-23H,18H2,1-16H3,(H,29,32)/t20-,21-,22-,23-/m1/s1. The fraction of sp³-hybridized carbons (Fsp3) is 0.857. The molecule has 1 aliphatic rings. The highest BCUT2D eigenvalue weighted by atomic mass is 28.4. The van der Waals surface area contributed by atoms with Crippen molar-refractivity contribution in [2.45, 2.75) is 141 Å². The summed E-state index contributed by atoms with van der Waals surface area (Å²) in [5.41, 5.74) is -0.406. The first-order valence-corrected chi connectivity index (χ1v) is 23.0. The fourth-order valence-corrected chi connectivity index (χ4v) is 7.31. The van der Waals surface area contributed by atoms with Crippen molar-refractivity contribution in [2.75, 3.05) is 13.7 Å². The Kier molecular flexibility index (Phi) is 10.2. The number of methoxy groups -OCH3 is 1. The molecule has 0 saturated carbocycles. The first-order chi connectivity index (χ1) is 17.8. The van der Waals surface area contributed by atoms with Gasteiger partial charge in [0.05, 0.1) is 13.7 Å². The molecule has 0 bridgehead atoms. The van der Waals surface area contributed by atoms with Gasteiger partial charge in [0.2, 0.25) is 0 Å². The lowest BCUT2D eigenvalue weighted by Crippen LogP contribution is -2.54. The van der Waals surface area contributed by atoms with Crippen molar-refractivity contribution in [3.8, 4) is 0 Å². The molecule has 9 nitrogen and oxygen atoms in total. The maximum Gasteiger partial charge on any atom is 0.356 e. The van der Waals surface area contributed by atoms with Crippen LogP contribution in [0, 0.1) is 0 Å². The minimum Gasteiger partial charge on any atom is -0.464 e. The molecule has 1 saturated heterocycles. The molecule has 0 amide bonds. The Morgan fingerprint density at radius 3 is 1.73 bits per heavy atom. The number of H-pyrrole nitrogens is 1. The van der Waals surface area contributed by atoms with Crippen LogP contribution in [0.3, 0.4) is 0 Å². The number of aromatic nitrogens is 2. The van der Waals surface area contributed by atoms with E-state index in [9.17, 15) is 9.59 Å². The molecule has 1 fully saturated rings. The van der Waals surface area contributed by atoms with E-state index in [0.717, 1.165) is 0 Å². The predicted molar refractivity (Wildman–Crippen MR) is 168 cm³/mol. The molecule has 0 spiro atoms. The molecule has 1 aromatic rings. The van der Waals surface area contributed by atoms with Crippen molar-refractivity contribution in [3.05, 3.63) is 22.4 Å².